The van der Waals surface area contributed by atoms with E-state index in [-0.39, 0.29) is 17.5 Å². The Morgan fingerprint density at radius 2 is 2.10 bits per heavy atom. The molecule has 4 atom stereocenters. The number of nitrogens with one attached hydrogen (secondary N) is 1. The van der Waals surface area contributed by atoms with Gasteiger partial charge in [-0.05, 0) is 38.4 Å². The standard InChI is InChI=1S/C15H21NO3S/c1-9-4-6-11(7-5-9)20-12-8-10(2)14(19-12)13(16-3)15(17)18/h4-7,10,12-14,16H,8H2,1-3H3,(H,17,18)/t10-,12?,13?,14-/m1/s1. The lowest BCUT2D eigenvalue weighted by Crippen LogP contribution is -2.46. The Morgan fingerprint density at radius 3 is 2.65 bits per heavy atom. The van der Waals surface area contributed by atoms with Crippen molar-refractivity contribution in [2.75, 3.05) is 7.05 Å². The number of carbonyl (C=O) groups is 1. The fourth-order valence-corrected chi connectivity index (χ4v) is 3.66. The van der Waals surface area contributed by atoms with Crippen LogP contribution in [-0.4, -0.2) is 35.7 Å². The third kappa shape index (κ3) is 3.53. The Balaban J connectivity index is 1.99. The van der Waals surface area contributed by atoms with Gasteiger partial charge in [0.05, 0.1) is 6.10 Å². The number of carboxylic acids is 1. The zero-order valence-electron chi connectivity index (χ0n) is 12.0. The molecule has 4 nitrogen and oxygen atoms in total. The van der Waals surface area contributed by atoms with Gasteiger partial charge >= 0.3 is 5.97 Å². The SMILES string of the molecule is CNC(C(=O)O)[C@@H]1OC(Sc2ccc(C)cc2)C[C@H]1C. The summed E-state index contributed by atoms with van der Waals surface area (Å²) in [7, 11) is 1.66. The Kier molecular flexibility index (Phi) is 5.07. The Hall–Kier alpha value is -1.04. The molecule has 1 saturated heterocycles. The molecular weight excluding hydrogens is 274 g/mol. The number of ether oxygens (including phenoxy) is 1. The molecule has 1 aliphatic heterocycles. The summed E-state index contributed by atoms with van der Waals surface area (Å²) in [5.41, 5.74) is 1.25. The second kappa shape index (κ2) is 6.61. The first-order valence-corrected chi connectivity index (χ1v) is 7.68. The fraction of sp³-hybridized carbons (Fsp3) is 0.533. The number of aliphatic carboxylic acids is 1. The van der Waals surface area contributed by atoms with Crippen LogP contribution >= 0.6 is 11.8 Å². The van der Waals surface area contributed by atoms with Gasteiger partial charge in [0.1, 0.15) is 11.5 Å². The van der Waals surface area contributed by atoms with Crippen LogP contribution in [-0.2, 0) is 9.53 Å². The highest BCUT2D eigenvalue weighted by Crippen LogP contribution is 2.37. The van der Waals surface area contributed by atoms with Gasteiger partial charge in [-0.15, -0.1) is 0 Å². The maximum atomic E-state index is 11.2. The van der Waals surface area contributed by atoms with Crippen molar-refractivity contribution >= 4 is 17.7 Å². The zero-order valence-corrected chi connectivity index (χ0v) is 12.8. The first-order chi connectivity index (χ1) is 9.51. The highest BCUT2D eigenvalue weighted by molar-refractivity contribution is 7.99. The maximum Gasteiger partial charge on any atom is 0.323 e. The topological polar surface area (TPSA) is 58.6 Å². The maximum absolute atomic E-state index is 11.2. The van der Waals surface area contributed by atoms with E-state index in [9.17, 15) is 9.90 Å². The molecule has 0 bridgehead atoms. The molecule has 1 aliphatic rings. The number of carboxylic acid groups (broad SMARTS) is 1. The van der Waals surface area contributed by atoms with Crippen LogP contribution in [0.15, 0.2) is 29.2 Å². The van der Waals surface area contributed by atoms with Crippen molar-refractivity contribution in [3.8, 4) is 0 Å². The van der Waals surface area contributed by atoms with Crippen molar-refractivity contribution in [2.24, 2.45) is 5.92 Å². The molecule has 0 saturated carbocycles. The van der Waals surface area contributed by atoms with Crippen LogP contribution in [0.3, 0.4) is 0 Å². The average Bonchev–Trinajstić information content (AvgIpc) is 2.74. The van der Waals surface area contributed by atoms with E-state index in [2.05, 4.69) is 36.5 Å². The second-order valence-corrected chi connectivity index (χ2v) is 6.51. The number of thioether (sulfide) groups is 1. The van der Waals surface area contributed by atoms with E-state index < -0.39 is 12.0 Å². The van der Waals surface area contributed by atoms with Crippen LogP contribution in [0.2, 0.25) is 0 Å². The molecule has 2 N–H and O–H groups in total. The summed E-state index contributed by atoms with van der Waals surface area (Å²) in [4.78, 5) is 12.4. The van der Waals surface area contributed by atoms with Crippen LogP contribution in [0.25, 0.3) is 0 Å². The third-order valence-electron chi connectivity index (χ3n) is 3.63. The van der Waals surface area contributed by atoms with Gasteiger partial charge in [-0.1, -0.05) is 36.4 Å². The Labute approximate surface area is 123 Å². The average molecular weight is 295 g/mol. The quantitative estimate of drug-likeness (QED) is 0.874. The predicted molar refractivity (Wildman–Crippen MR) is 80.0 cm³/mol. The van der Waals surface area contributed by atoms with Crippen LogP contribution in [0, 0.1) is 12.8 Å². The zero-order chi connectivity index (χ0) is 14.7. The van der Waals surface area contributed by atoms with E-state index in [0.29, 0.717) is 0 Å². The van der Waals surface area contributed by atoms with Gasteiger partial charge in [-0.2, -0.15) is 0 Å². The lowest BCUT2D eigenvalue weighted by atomic mass is 9.98. The first-order valence-electron chi connectivity index (χ1n) is 6.80. The van der Waals surface area contributed by atoms with Gasteiger partial charge < -0.3 is 15.2 Å². The minimum absolute atomic E-state index is 0.0212. The number of rotatable bonds is 5. The number of hydrogen-bond acceptors (Lipinski definition) is 4. The van der Waals surface area contributed by atoms with E-state index in [4.69, 9.17) is 4.74 Å². The largest absolute Gasteiger partial charge is 0.480 e. The molecule has 0 radical (unpaired) electrons. The van der Waals surface area contributed by atoms with Gasteiger partial charge in [0, 0.05) is 4.90 Å². The molecule has 1 aromatic carbocycles. The van der Waals surface area contributed by atoms with E-state index in [0.717, 1.165) is 11.3 Å². The molecule has 20 heavy (non-hydrogen) atoms. The highest BCUT2D eigenvalue weighted by Gasteiger charge is 2.40. The summed E-state index contributed by atoms with van der Waals surface area (Å²) in [5, 5.41) is 12.0. The minimum Gasteiger partial charge on any atom is -0.480 e. The van der Waals surface area contributed by atoms with E-state index in [1.165, 1.54) is 5.56 Å². The predicted octanol–water partition coefficient (Wildman–Crippen LogP) is 2.51. The van der Waals surface area contributed by atoms with Crippen molar-refractivity contribution < 1.29 is 14.6 Å². The molecule has 1 heterocycles. The van der Waals surface area contributed by atoms with Crippen LogP contribution in [0.1, 0.15) is 18.9 Å². The number of likely N-dealkylation sites (N-methyl/N-ethyl adjacent to an activating group) is 1. The van der Waals surface area contributed by atoms with Gasteiger partial charge in [0.15, 0.2) is 0 Å². The Morgan fingerprint density at radius 1 is 1.45 bits per heavy atom. The van der Waals surface area contributed by atoms with Gasteiger partial charge in [0.2, 0.25) is 0 Å². The molecule has 1 aromatic rings. The molecule has 0 aromatic heterocycles. The molecule has 110 valence electrons. The normalized spacial score (nSPS) is 27.4. The van der Waals surface area contributed by atoms with Crippen molar-refractivity contribution in [1.29, 1.82) is 0 Å². The van der Waals surface area contributed by atoms with Crippen LogP contribution in [0.5, 0.6) is 0 Å². The summed E-state index contributed by atoms with van der Waals surface area (Å²) >= 11 is 1.66. The lowest BCUT2D eigenvalue weighted by Gasteiger charge is -2.22. The number of aryl methyl sites for hydroxylation is 1. The smallest absolute Gasteiger partial charge is 0.323 e. The summed E-state index contributed by atoms with van der Waals surface area (Å²) in [5.74, 6) is -0.628. The second-order valence-electron chi connectivity index (χ2n) is 5.28. The lowest BCUT2D eigenvalue weighted by molar-refractivity contribution is -0.143. The molecule has 2 rings (SSSR count). The molecule has 5 heteroatoms. The van der Waals surface area contributed by atoms with Gasteiger partial charge in [0.25, 0.3) is 0 Å². The number of hydrogen-bond donors (Lipinski definition) is 2. The molecule has 0 spiro atoms. The highest BCUT2D eigenvalue weighted by atomic mass is 32.2. The first kappa shape index (κ1) is 15.4. The van der Waals surface area contributed by atoms with E-state index in [1.807, 2.05) is 6.92 Å². The number of benzene rings is 1. The van der Waals surface area contributed by atoms with Crippen molar-refractivity contribution in [3.05, 3.63) is 29.8 Å². The minimum atomic E-state index is -0.856. The van der Waals surface area contributed by atoms with Crippen molar-refractivity contribution in [1.82, 2.24) is 5.32 Å². The van der Waals surface area contributed by atoms with Gasteiger partial charge in [-0.3, -0.25) is 4.79 Å². The summed E-state index contributed by atoms with van der Waals surface area (Å²) in [6.45, 7) is 4.11. The molecule has 1 fully saturated rings. The summed E-state index contributed by atoms with van der Waals surface area (Å²) in [6, 6.07) is 7.66. The summed E-state index contributed by atoms with van der Waals surface area (Å²) in [6.07, 6.45) is 0.592. The molecular formula is C15H21NO3S. The van der Waals surface area contributed by atoms with Crippen molar-refractivity contribution in [2.45, 2.75) is 42.7 Å². The molecule has 0 amide bonds. The Bertz CT molecular complexity index is 463. The fourth-order valence-electron chi connectivity index (χ4n) is 2.48. The van der Waals surface area contributed by atoms with Gasteiger partial charge in [-0.25, -0.2) is 0 Å². The monoisotopic (exact) mass is 295 g/mol. The molecule has 0 aliphatic carbocycles. The third-order valence-corrected chi connectivity index (χ3v) is 4.74. The molecule has 2 unspecified atom stereocenters. The van der Waals surface area contributed by atoms with E-state index in [1.54, 1.807) is 18.8 Å². The van der Waals surface area contributed by atoms with Crippen LogP contribution in [0.4, 0.5) is 0 Å². The van der Waals surface area contributed by atoms with E-state index >= 15 is 0 Å². The summed E-state index contributed by atoms with van der Waals surface area (Å²) < 4.78 is 5.94. The van der Waals surface area contributed by atoms with Crippen LogP contribution < -0.4 is 5.32 Å². The van der Waals surface area contributed by atoms with Crippen molar-refractivity contribution in [3.63, 3.8) is 0 Å².